The van der Waals surface area contributed by atoms with E-state index in [-0.39, 0.29) is 11.7 Å². The Bertz CT molecular complexity index is 1940. The maximum absolute atomic E-state index is 13.7. The number of benzene rings is 1. The second kappa shape index (κ2) is 7.91. The molecule has 7 heterocycles. The number of nitrogens with one attached hydrogen (secondary N) is 1. The van der Waals surface area contributed by atoms with E-state index in [0.717, 1.165) is 87.6 Å². The number of aryl methyl sites for hydroxylation is 3. The van der Waals surface area contributed by atoms with Crippen LogP contribution in [0.2, 0.25) is 0 Å². The van der Waals surface area contributed by atoms with E-state index in [1.807, 2.05) is 41.9 Å². The fraction of sp³-hybridized carbons (Fsp3) is 0.357. The van der Waals surface area contributed by atoms with Gasteiger partial charge in [0.05, 0.1) is 46.2 Å². The molecule has 0 amide bonds. The number of pyridine rings is 1. The van der Waals surface area contributed by atoms with E-state index in [2.05, 4.69) is 33.0 Å². The normalized spacial score (nSPS) is 16.4. The molecule has 0 spiro atoms. The van der Waals surface area contributed by atoms with Crippen molar-refractivity contribution in [3.05, 3.63) is 53.0 Å². The summed E-state index contributed by atoms with van der Waals surface area (Å²) in [5.74, 6) is 0. The first kappa shape index (κ1) is 21.9. The molecule has 1 saturated heterocycles. The van der Waals surface area contributed by atoms with Crippen LogP contribution >= 0.6 is 0 Å². The zero-order valence-electron chi connectivity index (χ0n) is 21.4. The summed E-state index contributed by atoms with van der Waals surface area (Å²) in [7, 11) is 3.80. The fourth-order valence-corrected chi connectivity index (χ4v) is 6.54. The molecular weight excluding hydrogens is 480 g/mol. The lowest BCUT2D eigenvalue weighted by atomic mass is 9.97. The van der Waals surface area contributed by atoms with Crippen LogP contribution in [0.25, 0.3) is 55.4 Å². The van der Waals surface area contributed by atoms with Crippen molar-refractivity contribution in [1.29, 1.82) is 0 Å². The van der Waals surface area contributed by atoms with Crippen LogP contribution in [0.5, 0.6) is 0 Å². The molecule has 6 aromatic rings. The Kier molecular flexibility index (Phi) is 4.55. The quantitative estimate of drug-likeness (QED) is 0.390. The van der Waals surface area contributed by atoms with Crippen LogP contribution in [-0.4, -0.2) is 51.9 Å². The first-order valence-corrected chi connectivity index (χ1v) is 13.3. The van der Waals surface area contributed by atoms with Crippen molar-refractivity contribution >= 4 is 33.0 Å². The summed E-state index contributed by atoms with van der Waals surface area (Å²) in [6, 6.07) is 6.54. The SMILES string of the molecule is Cn1ncc2cc(-c3c(-c4cnn5c4CCC5)[nH]c4ncc5c(c34)n(C3CCOCC3)c(=O)n5C)ccc21. The number of hydrogen-bond donors (Lipinski definition) is 1. The van der Waals surface area contributed by atoms with E-state index in [1.165, 1.54) is 5.69 Å². The maximum Gasteiger partial charge on any atom is 0.329 e. The summed E-state index contributed by atoms with van der Waals surface area (Å²) in [4.78, 5) is 22.2. The van der Waals surface area contributed by atoms with Gasteiger partial charge in [0.2, 0.25) is 0 Å². The molecule has 1 N–H and O–H groups in total. The number of rotatable bonds is 3. The van der Waals surface area contributed by atoms with Gasteiger partial charge in [-0.1, -0.05) is 6.07 Å². The molecule has 10 nitrogen and oxygen atoms in total. The first-order chi connectivity index (χ1) is 18.6. The van der Waals surface area contributed by atoms with Crippen LogP contribution in [-0.2, 0) is 31.8 Å². The van der Waals surface area contributed by atoms with Crippen molar-refractivity contribution < 1.29 is 4.74 Å². The second-order valence-corrected chi connectivity index (χ2v) is 10.5. The molecule has 0 unspecified atom stereocenters. The van der Waals surface area contributed by atoms with E-state index in [1.54, 1.807) is 4.57 Å². The van der Waals surface area contributed by atoms with Crippen molar-refractivity contribution in [2.24, 2.45) is 14.1 Å². The van der Waals surface area contributed by atoms with Gasteiger partial charge in [-0.25, -0.2) is 9.78 Å². The Balaban J connectivity index is 1.51. The molecule has 0 saturated carbocycles. The van der Waals surface area contributed by atoms with Crippen molar-refractivity contribution in [1.82, 2.24) is 38.7 Å². The summed E-state index contributed by atoms with van der Waals surface area (Å²) in [5, 5.41) is 11.2. The first-order valence-electron chi connectivity index (χ1n) is 13.3. The lowest BCUT2D eigenvalue weighted by Gasteiger charge is -2.23. The molecule has 1 aromatic carbocycles. The highest BCUT2D eigenvalue weighted by Crippen LogP contribution is 2.43. The smallest absolute Gasteiger partial charge is 0.329 e. The average Bonchev–Trinajstić information content (AvgIpc) is 3.74. The van der Waals surface area contributed by atoms with Gasteiger partial charge in [0.15, 0.2) is 0 Å². The van der Waals surface area contributed by atoms with E-state index in [4.69, 9.17) is 14.8 Å². The lowest BCUT2D eigenvalue weighted by Crippen LogP contribution is -2.29. The van der Waals surface area contributed by atoms with Gasteiger partial charge in [-0.15, -0.1) is 0 Å². The predicted octanol–water partition coefficient (Wildman–Crippen LogP) is 3.93. The second-order valence-electron chi connectivity index (χ2n) is 10.5. The molecule has 10 heteroatoms. The number of aromatic nitrogens is 8. The fourth-order valence-electron chi connectivity index (χ4n) is 6.54. The standard InChI is InChI=1S/C28H28N8O2/c1-33-22-15-29-27-24(26(22)36(28(33)37)18-7-10-38-11-8-18)23(16-5-6-20-17(12-16)13-30-34(20)2)25(32-27)19-14-31-35-9-3-4-21(19)35/h5-6,12-15,18H,3-4,7-11H2,1-2H3,(H,29,32). The molecule has 192 valence electrons. The summed E-state index contributed by atoms with van der Waals surface area (Å²) in [6.07, 6.45) is 9.41. The number of aromatic amines is 1. The van der Waals surface area contributed by atoms with Crippen LogP contribution in [0.4, 0.5) is 0 Å². The third kappa shape index (κ3) is 2.92. The third-order valence-corrected chi connectivity index (χ3v) is 8.46. The summed E-state index contributed by atoms with van der Waals surface area (Å²) in [6.45, 7) is 2.26. The van der Waals surface area contributed by atoms with Crippen LogP contribution in [0, 0.1) is 0 Å². The van der Waals surface area contributed by atoms with Gasteiger partial charge in [-0.2, -0.15) is 10.2 Å². The van der Waals surface area contributed by atoms with E-state index in [9.17, 15) is 4.79 Å². The van der Waals surface area contributed by atoms with Gasteiger partial charge in [0.25, 0.3) is 0 Å². The Morgan fingerprint density at radius 3 is 2.79 bits per heavy atom. The van der Waals surface area contributed by atoms with Gasteiger partial charge < -0.3 is 9.72 Å². The highest BCUT2D eigenvalue weighted by atomic mass is 16.5. The minimum atomic E-state index is -0.0102. The molecule has 0 atom stereocenters. The Hall–Kier alpha value is -4.18. The number of hydrogen-bond acceptors (Lipinski definition) is 5. The highest BCUT2D eigenvalue weighted by Gasteiger charge is 2.29. The molecular formula is C28H28N8O2. The number of fused-ring (bicyclic) bond motifs is 5. The highest BCUT2D eigenvalue weighted by molar-refractivity contribution is 6.14. The molecule has 38 heavy (non-hydrogen) atoms. The average molecular weight is 509 g/mol. The van der Waals surface area contributed by atoms with Crippen LogP contribution in [0.3, 0.4) is 0 Å². The zero-order chi connectivity index (χ0) is 25.5. The third-order valence-electron chi connectivity index (χ3n) is 8.46. The minimum Gasteiger partial charge on any atom is -0.381 e. The van der Waals surface area contributed by atoms with Crippen LogP contribution in [0.15, 0.2) is 41.6 Å². The van der Waals surface area contributed by atoms with Crippen LogP contribution in [0.1, 0.15) is 31.0 Å². The number of nitrogens with zero attached hydrogens (tertiary/aromatic N) is 7. The molecule has 2 aliphatic rings. The monoisotopic (exact) mass is 508 g/mol. The summed E-state index contributed by atoms with van der Waals surface area (Å²) in [5.41, 5.74) is 9.07. The van der Waals surface area contributed by atoms with E-state index < -0.39 is 0 Å². The Morgan fingerprint density at radius 2 is 1.92 bits per heavy atom. The van der Waals surface area contributed by atoms with E-state index >= 15 is 0 Å². The van der Waals surface area contributed by atoms with Gasteiger partial charge in [0.1, 0.15) is 5.65 Å². The zero-order valence-corrected chi connectivity index (χ0v) is 21.4. The van der Waals surface area contributed by atoms with Gasteiger partial charge >= 0.3 is 5.69 Å². The minimum absolute atomic E-state index is 0.0102. The van der Waals surface area contributed by atoms with Crippen molar-refractivity contribution in [2.75, 3.05) is 13.2 Å². The Morgan fingerprint density at radius 1 is 1.05 bits per heavy atom. The topological polar surface area (TPSA) is 100 Å². The van der Waals surface area contributed by atoms with Crippen molar-refractivity contribution in [2.45, 2.75) is 38.3 Å². The number of imidazole rings is 1. The lowest BCUT2D eigenvalue weighted by molar-refractivity contribution is 0.0697. The van der Waals surface area contributed by atoms with E-state index in [0.29, 0.717) is 13.2 Å². The molecule has 5 aromatic heterocycles. The molecule has 8 rings (SSSR count). The van der Waals surface area contributed by atoms with Crippen LogP contribution < -0.4 is 5.69 Å². The molecule has 1 fully saturated rings. The maximum atomic E-state index is 13.7. The largest absolute Gasteiger partial charge is 0.381 e. The summed E-state index contributed by atoms with van der Waals surface area (Å²) < 4.78 is 13.4. The van der Waals surface area contributed by atoms with Gasteiger partial charge in [-0.05, 0) is 43.4 Å². The number of ether oxygens (including phenoxy) is 1. The molecule has 0 bridgehead atoms. The van der Waals surface area contributed by atoms with Crippen molar-refractivity contribution in [3.63, 3.8) is 0 Å². The molecule has 0 aliphatic carbocycles. The number of H-pyrrole nitrogens is 1. The molecule has 0 radical (unpaired) electrons. The Labute approximate surface area is 217 Å². The summed E-state index contributed by atoms with van der Waals surface area (Å²) >= 11 is 0. The predicted molar refractivity (Wildman–Crippen MR) is 145 cm³/mol. The van der Waals surface area contributed by atoms with Gasteiger partial charge in [0, 0.05) is 62.1 Å². The van der Waals surface area contributed by atoms with Crippen molar-refractivity contribution in [3.8, 4) is 22.4 Å². The van der Waals surface area contributed by atoms with Gasteiger partial charge in [-0.3, -0.25) is 18.5 Å². The molecule has 2 aliphatic heterocycles.